The van der Waals surface area contributed by atoms with Crippen molar-refractivity contribution in [3.63, 3.8) is 0 Å². The van der Waals surface area contributed by atoms with E-state index in [0.29, 0.717) is 6.54 Å². The number of nitrogens with two attached hydrogens (primary N) is 1. The third kappa shape index (κ3) is 3.11. The van der Waals surface area contributed by atoms with Crippen LogP contribution in [-0.2, 0) is 6.54 Å². The van der Waals surface area contributed by atoms with Gasteiger partial charge in [0.25, 0.3) is 0 Å². The van der Waals surface area contributed by atoms with Gasteiger partial charge in [-0.2, -0.15) is 0 Å². The van der Waals surface area contributed by atoms with Gasteiger partial charge >= 0.3 is 0 Å². The molecule has 0 aliphatic carbocycles. The molecule has 1 aromatic carbocycles. The molecule has 2 rings (SSSR count). The predicted octanol–water partition coefficient (Wildman–Crippen LogP) is 3.34. The summed E-state index contributed by atoms with van der Waals surface area (Å²) in [6.45, 7) is 7.82. The van der Waals surface area contributed by atoms with E-state index >= 15 is 0 Å². The normalized spacial score (nSPS) is 12.9. The van der Waals surface area contributed by atoms with Crippen LogP contribution < -0.4 is 5.73 Å². The van der Waals surface area contributed by atoms with Gasteiger partial charge in [-0.3, -0.25) is 4.90 Å². The zero-order valence-electron chi connectivity index (χ0n) is 12.8. The number of hydrogen-bond acceptors (Lipinski definition) is 3. The van der Waals surface area contributed by atoms with E-state index in [4.69, 9.17) is 10.2 Å². The molecule has 1 atom stereocenters. The maximum Gasteiger partial charge on any atom is 0.117 e. The van der Waals surface area contributed by atoms with Gasteiger partial charge in [-0.25, -0.2) is 0 Å². The van der Waals surface area contributed by atoms with Crippen LogP contribution in [0.25, 0.3) is 0 Å². The highest BCUT2D eigenvalue weighted by Crippen LogP contribution is 2.26. The number of furan rings is 1. The summed E-state index contributed by atoms with van der Waals surface area (Å²) in [6, 6.07) is 8.63. The quantitative estimate of drug-likeness (QED) is 0.907. The van der Waals surface area contributed by atoms with Crippen LogP contribution in [0, 0.1) is 20.8 Å². The fraction of sp³-hybridized carbons (Fsp3) is 0.412. The fourth-order valence-electron chi connectivity index (χ4n) is 2.64. The average Bonchev–Trinajstić information content (AvgIpc) is 2.89. The van der Waals surface area contributed by atoms with E-state index in [0.717, 1.165) is 12.3 Å². The zero-order chi connectivity index (χ0) is 14.7. The van der Waals surface area contributed by atoms with Crippen LogP contribution in [0.5, 0.6) is 0 Å². The molecule has 0 spiro atoms. The monoisotopic (exact) mass is 272 g/mol. The fourth-order valence-corrected chi connectivity index (χ4v) is 2.64. The minimum atomic E-state index is 0.208. The van der Waals surface area contributed by atoms with Crippen LogP contribution in [0.1, 0.15) is 34.1 Å². The van der Waals surface area contributed by atoms with Gasteiger partial charge in [0.1, 0.15) is 5.76 Å². The van der Waals surface area contributed by atoms with Gasteiger partial charge in [0.05, 0.1) is 12.8 Å². The molecule has 0 aliphatic rings. The lowest BCUT2D eigenvalue weighted by molar-refractivity contribution is 0.222. The smallest absolute Gasteiger partial charge is 0.117 e. The molecule has 0 bridgehead atoms. The summed E-state index contributed by atoms with van der Waals surface area (Å²) in [6.07, 6.45) is 1.71. The van der Waals surface area contributed by atoms with Crippen molar-refractivity contribution >= 4 is 0 Å². The van der Waals surface area contributed by atoms with Gasteiger partial charge in [-0.15, -0.1) is 0 Å². The minimum absolute atomic E-state index is 0.208. The average molecular weight is 272 g/mol. The van der Waals surface area contributed by atoms with E-state index in [2.05, 4.69) is 44.9 Å². The first kappa shape index (κ1) is 14.8. The highest BCUT2D eigenvalue weighted by atomic mass is 16.3. The zero-order valence-corrected chi connectivity index (χ0v) is 12.8. The van der Waals surface area contributed by atoms with Crippen LogP contribution in [0.4, 0.5) is 0 Å². The van der Waals surface area contributed by atoms with E-state index < -0.39 is 0 Å². The minimum Gasteiger partial charge on any atom is -0.468 e. The van der Waals surface area contributed by atoms with Crippen molar-refractivity contribution in [1.82, 2.24) is 4.90 Å². The Labute approximate surface area is 121 Å². The van der Waals surface area contributed by atoms with Crippen molar-refractivity contribution in [1.29, 1.82) is 0 Å². The van der Waals surface area contributed by atoms with Gasteiger partial charge in [0.15, 0.2) is 0 Å². The Bertz CT molecular complexity index is 561. The van der Waals surface area contributed by atoms with E-state index in [1.165, 1.54) is 22.3 Å². The highest BCUT2D eigenvalue weighted by Gasteiger charge is 2.19. The summed E-state index contributed by atoms with van der Waals surface area (Å²) >= 11 is 0. The molecule has 1 aromatic heterocycles. The summed E-state index contributed by atoms with van der Waals surface area (Å²) in [5.41, 5.74) is 11.3. The molecule has 3 heteroatoms. The molecule has 0 radical (unpaired) electrons. The molecule has 20 heavy (non-hydrogen) atoms. The summed E-state index contributed by atoms with van der Waals surface area (Å²) in [7, 11) is 2.09. The molecular formula is C17H24N2O. The first-order valence-electron chi connectivity index (χ1n) is 7.03. The molecule has 2 N–H and O–H groups in total. The number of hydrogen-bond donors (Lipinski definition) is 1. The predicted molar refractivity (Wildman–Crippen MR) is 82.6 cm³/mol. The third-order valence-electron chi connectivity index (χ3n) is 3.98. The first-order valence-corrected chi connectivity index (χ1v) is 7.03. The molecule has 0 fully saturated rings. The Balaban J connectivity index is 2.25. The van der Waals surface area contributed by atoms with E-state index in [9.17, 15) is 0 Å². The van der Waals surface area contributed by atoms with Gasteiger partial charge in [-0.1, -0.05) is 12.1 Å². The topological polar surface area (TPSA) is 42.4 Å². The molecule has 0 saturated carbocycles. The molecule has 1 heterocycles. The molecule has 0 amide bonds. The Hall–Kier alpha value is -1.58. The van der Waals surface area contributed by atoms with Crippen molar-refractivity contribution in [3.05, 3.63) is 58.5 Å². The SMILES string of the molecule is Cc1cc(C)c(C(CN)N(C)Cc2ccco2)cc1C. The number of nitrogens with zero attached hydrogens (tertiary/aromatic N) is 1. The van der Waals surface area contributed by atoms with Gasteiger partial charge in [-0.05, 0) is 62.2 Å². The van der Waals surface area contributed by atoms with Crippen LogP contribution in [0.15, 0.2) is 34.9 Å². The Morgan fingerprint density at radius 2 is 1.85 bits per heavy atom. The molecule has 0 saturated heterocycles. The lowest BCUT2D eigenvalue weighted by Gasteiger charge is -2.28. The molecular weight excluding hydrogens is 248 g/mol. The van der Waals surface area contributed by atoms with Crippen molar-refractivity contribution in [2.45, 2.75) is 33.4 Å². The molecule has 0 aliphatic heterocycles. The highest BCUT2D eigenvalue weighted by molar-refractivity contribution is 5.38. The van der Waals surface area contributed by atoms with Crippen molar-refractivity contribution in [2.75, 3.05) is 13.6 Å². The second-order valence-electron chi connectivity index (χ2n) is 5.54. The second-order valence-corrected chi connectivity index (χ2v) is 5.54. The number of aryl methyl sites for hydroxylation is 3. The first-order chi connectivity index (χ1) is 9.52. The van der Waals surface area contributed by atoms with Crippen LogP contribution in [0.2, 0.25) is 0 Å². The summed E-state index contributed by atoms with van der Waals surface area (Å²) < 4.78 is 5.43. The van der Waals surface area contributed by atoms with Crippen molar-refractivity contribution in [2.24, 2.45) is 5.73 Å². The Morgan fingerprint density at radius 1 is 1.15 bits per heavy atom. The summed E-state index contributed by atoms with van der Waals surface area (Å²) in [5, 5.41) is 0. The van der Waals surface area contributed by atoms with Crippen molar-refractivity contribution < 1.29 is 4.42 Å². The van der Waals surface area contributed by atoms with Crippen LogP contribution in [-0.4, -0.2) is 18.5 Å². The summed E-state index contributed by atoms with van der Waals surface area (Å²) in [5.74, 6) is 0.965. The lowest BCUT2D eigenvalue weighted by atomic mass is 9.95. The Kier molecular flexibility index (Phi) is 4.63. The van der Waals surface area contributed by atoms with Crippen LogP contribution in [0.3, 0.4) is 0 Å². The maximum atomic E-state index is 6.02. The molecule has 2 aromatic rings. The van der Waals surface area contributed by atoms with Gasteiger partial charge in [0.2, 0.25) is 0 Å². The summed E-state index contributed by atoms with van der Waals surface area (Å²) in [4.78, 5) is 2.25. The number of benzene rings is 1. The standard InChI is InChI=1S/C17H24N2O/c1-12-8-14(3)16(9-13(12)2)17(10-18)19(4)11-15-6-5-7-20-15/h5-9,17H,10-11,18H2,1-4H3. The molecule has 108 valence electrons. The van der Waals surface area contributed by atoms with E-state index in [-0.39, 0.29) is 6.04 Å². The largest absolute Gasteiger partial charge is 0.468 e. The number of likely N-dealkylation sites (N-methyl/N-ethyl adjacent to an activating group) is 1. The third-order valence-corrected chi connectivity index (χ3v) is 3.98. The molecule has 1 unspecified atom stereocenters. The van der Waals surface area contributed by atoms with Gasteiger partial charge in [0, 0.05) is 12.6 Å². The maximum absolute atomic E-state index is 6.02. The van der Waals surface area contributed by atoms with Crippen molar-refractivity contribution in [3.8, 4) is 0 Å². The lowest BCUT2D eigenvalue weighted by Crippen LogP contribution is -2.30. The van der Waals surface area contributed by atoms with Gasteiger partial charge < -0.3 is 10.2 Å². The number of rotatable bonds is 5. The molecule has 3 nitrogen and oxygen atoms in total. The Morgan fingerprint density at radius 3 is 2.45 bits per heavy atom. The van der Waals surface area contributed by atoms with Crippen LogP contribution >= 0.6 is 0 Å². The second kappa shape index (κ2) is 6.25. The van der Waals surface area contributed by atoms with E-state index in [1.54, 1.807) is 6.26 Å². The van der Waals surface area contributed by atoms with E-state index in [1.807, 2.05) is 12.1 Å².